The number of hydrogen-bond acceptors (Lipinski definition) is 5. The van der Waals surface area contributed by atoms with Crippen LogP contribution < -0.4 is 5.32 Å². The third-order valence-electron chi connectivity index (χ3n) is 5.79. The van der Waals surface area contributed by atoms with Crippen LogP contribution in [0.3, 0.4) is 0 Å². The molecule has 2 saturated heterocycles. The number of ether oxygens (including phenoxy) is 1. The Morgan fingerprint density at radius 2 is 2.07 bits per heavy atom. The maximum Gasteiger partial charge on any atom is 0.368 e. The molecule has 2 aliphatic heterocycles. The summed E-state index contributed by atoms with van der Waals surface area (Å²) in [5.74, 6) is -1.39. The van der Waals surface area contributed by atoms with Gasteiger partial charge < -0.3 is 10.1 Å². The van der Waals surface area contributed by atoms with Crippen LogP contribution in [0.5, 0.6) is 0 Å². The lowest BCUT2D eigenvalue weighted by Gasteiger charge is -2.29. The first kappa shape index (κ1) is 19.9. The minimum absolute atomic E-state index is 0.205. The fraction of sp³-hybridized carbons (Fsp3) is 0.550. The highest BCUT2D eigenvalue weighted by molar-refractivity contribution is 7.98. The molecule has 4 atom stereocenters. The molecular weight excluding hydrogens is 364 g/mol. The van der Waals surface area contributed by atoms with Gasteiger partial charge in [0.25, 0.3) is 0 Å². The van der Waals surface area contributed by atoms with E-state index in [0.29, 0.717) is 12.2 Å². The second-order valence-electron chi connectivity index (χ2n) is 7.35. The van der Waals surface area contributed by atoms with Crippen LogP contribution in [0.1, 0.15) is 30.5 Å². The van der Waals surface area contributed by atoms with Crippen LogP contribution in [0.2, 0.25) is 0 Å². The van der Waals surface area contributed by atoms with Crippen LogP contribution in [-0.2, 0) is 19.1 Å². The Balaban J connectivity index is 2.12. The number of aryl methyl sites for hydroxylation is 1. The van der Waals surface area contributed by atoms with Gasteiger partial charge in [-0.05, 0) is 25.9 Å². The quantitative estimate of drug-likeness (QED) is 0.576. The summed E-state index contributed by atoms with van der Waals surface area (Å²) in [6.45, 7) is 4.01. The van der Waals surface area contributed by atoms with Crippen molar-refractivity contribution in [1.29, 1.82) is 0 Å². The Hall–Kier alpha value is -1.86. The van der Waals surface area contributed by atoms with Crippen molar-refractivity contribution < 1.29 is 24.4 Å². The minimum Gasteiger partial charge on any atom is -0.461 e. The molecule has 0 radical (unpaired) electrons. The molecule has 0 spiro atoms. The Morgan fingerprint density at radius 3 is 2.70 bits per heavy atom. The summed E-state index contributed by atoms with van der Waals surface area (Å²) in [7, 11) is 1.51. The molecule has 2 amide bonds. The smallest absolute Gasteiger partial charge is 0.368 e. The third kappa shape index (κ3) is 3.17. The van der Waals surface area contributed by atoms with Crippen LogP contribution in [0, 0.1) is 18.8 Å². The van der Waals surface area contributed by atoms with Crippen molar-refractivity contribution in [3.8, 4) is 0 Å². The van der Waals surface area contributed by atoms with Crippen LogP contribution in [-0.4, -0.2) is 53.9 Å². The summed E-state index contributed by atoms with van der Waals surface area (Å²) in [6.07, 6.45) is 2.46. The predicted molar refractivity (Wildman–Crippen MR) is 103 cm³/mol. The predicted octanol–water partition coefficient (Wildman–Crippen LogP) is 0.899. The zero-order valence-corrected chi connectivity index (χ0v) is 17.0. The van der Waals surface area contributed by atoms with Gasteiger partial charge in [-0.25, -0.2) is 4.79 Å². The molecule has 0 aromatic heterocycles. The molecule has 0 unspecified atom stereocenters. The zero-order valence-electron chi connectivity index (χ0n) is 16.2. The largest absolute Gasteiger partial charge is 0.461 e. The molecule has 146 valence electrons. The van der Waals surface area contributed by atoms with Crippen LogP contribution >= 0.6 is 11.8 Å². The van der Waals surface area contributed by atoms with E-state index in [2.05, 4.69) is 0 Å². The number of likely N-dealkylation sites (tertiary alicyclic amines) is 1. The monoisotopic (exact) mass is 391 g/mol. The topological polar surface area (TPSA) is 80.3 Å². The van der Waals surface area contributed by atoms with Gasteiger partial charge in [0.1, 0.15) is 17.9 Å². The molecule has 2 N–H and O–H groups in total. The first-order valence-electron chi connectivity index (χ1n) is 9.27. The number of fused-ring (bicyclic) bond motifs is 1. The molecule has 1 aromatic carbocycles. The summed E-state index contributed by atoms with van der Waals surface area (Å²) >= 11 is 1.62. The average molecular weight is 392 g/mol. The molecular formula is C20H27N2O4S+. The standard InChI is InChI=1S/C20H26N2O4S/c1-5-26-19(25)20(9-10-27-4)15-14(17(23)22(3)18(15)24)16(21-20)13-8-6-7-12(2)11-13/h6-8,11,14-16,21H,5,9-10H2,1-4H3/p+1/t14-,15+,16-,20+/m0/s1. The summed E-state index contributed by atoms with van der Waals surface area (Å²) < 4.78 is 5.40. The molecule has 0 saturated carbocycles. The third-order valence-corrected chi connectivity index (χ3v) is 6.41. The first-order valence-corrected chi connectivity index (χ1v) is 10.7. The number of hydrogen-bond donors (Lipinski definition) is 1. The lowest BCUT2D eigenvalue weighted by atomic mass is 9.77. The summed E-state index contributed by atoms with van der Waals surface area (Å²) in [5.41, 5.74) is 0.993. The second-order valence-corrected chi connectivity index (χ2v) is 8.33. The molecule has 0 bridgehead atoms. The molecule has 27 heavy (non-hydrogen) atoms. The van der Waals surface area contributed by atoms with E-state index in [9.17, 15) is 14.4 Å². The normalized spacial score (nSPS) is 29.9. The lowest BCUT2D eigenvalue weighted by molar-refractivity contribution is -0.734. The second kappa shape index (κ2) is 7.64. The Labute approximate surface area is 164 Å². The molecule has 2 heterocycles. The van der Waals surface area contributed by atoms with E-state index >= 15 is 0 Å². The maximum absolute atomic E-state index is 13.1. The van der Waals surface area contributed by atoms with Gasteiger partial charge in [0.15, 0.2) is 0 Å². The van der Waals surface area contributed by atoms with E-state index in [1.165, 1.54) is 11.9 Å². The van der Waals surface area contributed by atoms with Gasteiger partial charge in [0.2, 0.25) is 17.4 Å². The first-order chi connectivity index (χ1) is 12.9. The number of amides is 2. The van der Waals surface area contributed by atoms with Crippen molar-refractivity contribution >= 4 is 29.5 Å². The molecule has 6 nitrogen and oxygen atoms in total. The van der Waals surface area contributed by atoms with Crippen molar-refractivity contribution in [2.45, 2.75) is 31.8 Å². The highest BCUT2D eigenvalue weighted by Gasteiger charge is 2.71. The lowest BCUT2D eigenvalue weighted by Crippen LogP contribution is -2.98. The molecule has 7 heteroatoms. The van der Waals surface area contributed by atoms with Crippen LogP contribution in [0.15, 0.2) is 24.3 Å². The van der Waals surface area contributed by atoms with Gasteiger partial charge >= 0.3 is 5.97 Å². The average Bonchev–Trinajstić information content (AvgIpc) is 3.11. The number of nitrogens with zero attached hydrogens (tertiary/aromatic N) is 1. The van der Waals surface area contributed by atoms with E-state index < -0.39 is 17.4 Å². The number of quaternary nitrogens is 1. The van der Waals surface area contributed by atoms with Crippen molar-refractivity contribution in [3.05, 3.63) is 35.4 Å². The number of imide groups is 1. The van der Waals surface area contributed by atoms with E-state index in [4.69, 9.17) is 4.74 Å². The van der Waals surface area contributed by atoms with Gasteiger partial charge in [-0.2, -0.15) is 11.8 Å². The van der Waals surface area contributed by atoms with Crippen molar-refractivity contribution in [2.75, 3.05) is 25.7 Å². The SMILES string of the molecule is CCOC(=O)[C@]1(CCSC)[NH2+][C@@H](c2cccc(C)c2)[C@H]2C(=O)N(C)C(=O)[C@@H]21. The van der Waals surface area contributed by atoms with Crippen LogP contribution in [0.4, 0.5) is 0 Å². The highest BCUT2D eigenvalue weighted by Crippen LogP contribution is 2.45. The molecule has 2 fully saturated rings. The van der Waals surface area contributed by atoms with E-state index in [-0.39, 0.29) is 30.4 Å². The number of esters is 1. The van der Waals surface area contributed by atoms with Crippen molar-refractivity contribution in [3.63, 3.8) is 0 Å². The van der Waals surface area contributed by atoms with Crippen molar-refractivity contribution in [1.82, 2.24) is 4.90 Å². The summed E-state index contributed by atoms with van der Waals surface area (Å²) in [4.78, 5) is 40.2. The van der Waals surface area contributed by atoms with Crippen molar-refractivity contribution in [2.24, 2.45) is 11.8 Å². The van der Waals surface area contributed by atoms with Gasteiger partial charge in [0.05, 0.1) is 6.61 Å². The van der Waals surface area contributed by atoms with Gasteiger partial charge in [-0.15, -0.1) is 0 Å². The number of benzene rings is 1. The highest BCUT2D eigenvalue weighted by atomic mass is 32.2. The number of rotatable bonds is 6. The van der Waals surface area contributed by atoms with Gasteiger partial charge in [0, 0.05) is 19.0 Å². The number of carbonyl (C=O) groups is 3. The molecule has 3 rings (SSSR count). The maximum atomic E-state index is 13.1. The molecule has 0 aliphatic carbocycles. The van der Waals surface area contributed by atoms with Gasteiger partial charge in [-0.3, -0.25) is 14.5 Å². The Kier molecular flexibility index (Phi) is 5.63. The number of thioether (sulfide) groups is 1. The number of nitrogens with two attached hydrogens (primary N) is 1. The Morgan fingerprint density at radius 1 is 1.33 bits per heavy atom. The zero-order chi connectivity index (χ0) is 19.8. The van der Waals surface area contributed by atoms with E-state index in [1.54, 1.807) is 18.7 Å². The fourth-order valence-electron chi connectivity index (χ4n) is 4.52. The van der Waals surface area contributed by atoms with Crippen LogP contribution in [0.25, 0.3) is 0 Å². The fourth-order valence-corrected chi connectivity index (χ4v) is 5.06. The van der Waals surface area contributed by atoms with E-state index in [1.807, 2.05) is 42.8 Å². The summed E-state index contributed by atoms with van der Waals surface area (Å²) in [5, 5.41) is 1.94. The summed E-state index contributed by atoms with van der Waals surface area (Å²) in [6, 6.07) is 7.67. The molecule has 1 aromatic rings. The Bertz CT molecular complexity index is 768. The number of carbonyl (C=O) groups excluding carboxylic acids is 3. The van der Waals surface area contributed by atoms with Gasteiger partial charge in [-0.1, -0.05) is 29.8 Å². The minimum atomic E-state index is -1.06. The molecule has 2 aliphatic rings. The van der Waals surface area contributed by atoms with E-state index in [0.717, 1.165) is 11.1 Å².